The highest BCUT2D eigenvalue weighted by molar-refractivity contribution is 5.94. The molecule has 0 unspecified atom stereocenters. The largest absolute Gasteiger partial charge is 0.469 e. The number of rotatable bonds is 2. The molecule has 0 aromatic carbocycles. The van der Waals surface area contributed by atoms with Gasteiger partial charge in [0.05, 0.1) is 11.6 Å². The van der Waals surface area contributed by atoms with E-state index in [-0.39, 0.29) is 11.9 Å². The van der Waals surface area contributed by atoms with Crippen LogP contribution >= 0.6 is 0 Å². The van der Waals surface area contributed by atoms with Gasteiger partial charge in [-0.05, 0) is 25.8 Å². The Bertz CT molecular complexity index is 361. The van der Waals surface area contributed by atoms with Crippen molar-refractivity contribution in [1.82, 2.24) is 4.90 Å². The van der Waals surface area contributed by atoms with Crippen LogP contribution in [-0.4, -0.2) is 30.1 Å². The summed E-state index contributed by atoms with van der Waals surface area (Å²) in [5.74, 6) is 0.585. The lowest BCUT2D eigenvalue weighted by atomic mass is 10.2. The number of halogens is 1. The first-order valence-corrected chi connectivity index (χ1v) is 5.14. The van der Waals surface area contributed by atoms with Crippen molar-refractivity contribution in [2.75, 3.05) is 13.2 Å². The molecule has 3 nitrogen and oxygen atoms in total. The lowest BCUT2D eigenvalue weighted by Gasteiger charge is -2.21. The molecular formula is C11H14FNO2. The van der Waals surface area contributed by atoms with Crippen molar-refractivity contribution < 1.29 is 13.6 Å². The van der Waals surface area contributed by atoms with E-state index >= 15 is 0 Å². The Kier molecular flexibility index (Phi) is 2.75. The smallest absolute Gasteiger partial charge is 0.257 e. The molecule has 1 fully saturated rings. The van der Waals surface area contributed by atoms with E-state index in [4.69, 9.17) is 4.42 Å². The quantitative estimate of drug-likeness (QED) is 0.751. The molecule has 0 radical (unpaired) electrons. The summed E-state index contributed by atoms with van der Waals surface area (Å²) in [5, 5.41) is 0. The number of likely N-dealkylation sites (tertiary alicyclic amines) is 1. The fraction of sp³-hybridized carbons (Fsp3) is 0.545. The minimum Gasteiger partial charge on any atom is -0.469 e. The fourth-order valence-corrected chi connectivity index (χ4v) is 1.98. The number of carbonyl (C=O) groups is 1. The summed E-state index contributed by atoms with van der Waals surface area (Å²) in [4.78, 5) is 13.5. The van der Waals surface area contributed by atoms with Gasteiger partial charge < -0.3 is 9.32 Å². The average Bonchev–Trinajstić information content (AvgIpc) is 2.84. The van der Waals surface area contributed by atoms with Gasteiger partial charge in [-0.2, -0.15) is 0 Å². The molecule has 0 N–H and O–H groups in total. The molecule has 1 aromatic heterocycles. The van der Waals surface area contributed by atoms with Crippen molar-refractivity contribution in [2.24, 2.45) is 0 Å². The number of aryl methyl sites for hydroxylation is 1. The number of hydrogen-bond donors (Lipinski definition) is 0. The summed E-state index contributed by atoms with van der Waals surface area (Å²) in [6.45, 7) is 1.98. The van der Waals surface area contributed by atoms with Gasteiger partial charge in [0.15, 0.2) is 0 Å². The van der Waals surface area contributed by atoms with E-state index in [1.807, 2.05) is 0 Å². The van der Waals surface area contributed by atoms with Crippen molar-refractivity contribution >= 4 is 5.91 Å². The van der Waals surface area contributed by atoms with Crippen molar-refractivity contribution in [2.45, 2.75) is 25.8 Å². The Hall–Kier alpha value is -1.32. The minimum absolute atomic E-state index is 0.119. The molecule has 1 amide bonds. The molecule has 2 heterocycles. The van der Waals surface area contributed by atoms with Gasteiger partial charge in [0.25, 0.3) is 5.91 Å². The van der Waals surface area contributed by atoms with E-state index < -0.39 is 6.67 Å². The van der Waals surface area contributed by atoms with Crippen molar-refractivity contribution in [3.8, 4) is 0 Å². The summed E-state index contributed by atoms with van der Waals surface area (Å²) in [6, 6.07) is 1.45. The Morgan fingerprint density at radius 2 is 2.53 bits per heavy atom. The standard InChI is InChI=1S/C11H14FNO2/c1-8-5-9(7-15-8)11(14)13-4-2-3-10(13)6-12/h5,7,10H,2-4,6H2,1H3/t10-/m0/s1. The third kappa shape index (κ3) is 1.89. The molecule has 2 rings (SSSR count). The van der Waals surface area contributed by atoms with Crippen LogP contribution in [0.15, 0.2) is 16.7 Å². The fourth-order valence-electron chi connectivity index (χ4n) is 1.98. The highest BCUT2D eigenvalue weighted by Crippen LogP contribution is 2.21. The van der Waals surface area contributed by atoms with Crippen LogP contribution in [0.3, 0.4) is 0 Å². The number of alkyl halides is 1. The maximum absolute atomic E-state index is 12.6. The van der Waals surface area contributed by atoms with E-state index in [0.717, 1.165) is 12.8 Å². The second kappa shape index (κ2) is 4.04. The Morgan fingerprint density at radius 3 is 3.13 bits per heavy atom. The van der Waals surface area contributed by atoms with Gasteiger partial charge in [0.2, 0.25) is 0 Å². The summed E-state index contributed by atoms with van der Waals surface area (Å²) >= 11 is 0. The summed E-state index contributed by atoms with van der Waals surface area (Å²) in [6.07, 6.45) is 3.08. The molecule has 82 valence electrons. The monoisotopic (exact) mass is 211 g/mol. The van der Waals surface area contributed by atoms with E-state index in [0.29, 0.717) is 17.9 Å². The Balaban J connectivity index is 2.13. The number of nitrogens with zero attached hydrogens (tertiary/aromatic N) is 1. The zero-order chi connectivity index (χ0) is 10.8. The van der Waals surface area contributed by atoms with Gasteiger partial charge in [0.1, 0.15) is 18.7 Å². The third-order valence-electron chi connectivity index (χ3n) is 2.79. The average molecular weight is 211 g/mol. The summed E-state index contributed by atoms with van der Waals surface area (Å²) in [7, 11) is 0. The van der Waals surface area contributed by atoms with E-state index in [9.17, 15) is 9.18 Å². The van der Waals surface area contributed by atoms with E-state index in [2.05, 4.69) is 0 Å². The van der Waals surface area contributed by atoms with Gasteiger partial charge in [-0.1, -0.05) is 0 Å². The second-order valence-electron chi connectivity index (χ2n) is 3.89. The second-order valence-corrected chi connectivity index (χ2v) is 3.89. The van der Waals surface area contributed by atoms with Crippen LogP contribution in [0.25, 0.3) is 0 Å². The molecule has 4 heteroatoms. The zero-order valence-electron chi connectivity index (χ0n) is 8.70. The van der Waals surface area contributed by atoms with Crippen LogP contribution in [0, 0.1) is 6.92 Å². The molecule has 0 spiro atoms. The summed E-state index contributed by atoms with van der Waals surface area (Å²) in [5.41, 5.74) is 0.521. The first-order chi connectivity index (χ1) is 7.22. The zero-order valence-corrected chi connectivity index (χ0v) is 8.70. The first-order valence-electron chi connectivity index (χ1n) is 5.14. The highest BCUT2D eigenvalue weighted by Gasteiger charge is 2.29. The predicted molar refractivity (Wildman–Crippen MR) is 53.5 cm³/mol. The van der Waals surface area contributed by atoms with E-state index in [1.165, 1.54) is 6.26 Å². The Labute approximate surface area is 87.9 Å². The van der Waals surface area contributed by atoms with Crippen LogP contribution in [0.1, 0.15) is 29.0 Å². The van der Waals surface area contributed by atoms with Crippen LogP contribution in [0.2, 0.25) is 0 Å². The molecule has 15 heavy (non-hydrogen) atoms. The van der Waals surface area contributed by atoms with Gasteiger partial charge >= 0.3 is 0 Å². The SMILES string of the molecule is Cc1cc(C(=O)N2CCC[C@H]2CF)co1. The van der Waals surface area contributed by atoms with Crippen LogP contribution < -0.4 is 0 Å². The van der Waals surface area contributed by atoms with Crippen LogP contribution in [0.5, 0.6) is 0 Å². The predicted octanol–water partition coefficient (Wildman–Crippen LogP) is 2.16. The topological polar surface area (TPSA) is 33.5 Å². The normalized spacial score (nSPS) is 20.9. The van der Waals surface area contributed by atoms with Crippen molar-refractivity contribution in [1.29, 1.82) is 0 Å². The van der Waals surface area contributed by atoms with Gasteiger partial charge in [-0.3, -0.25) is 4.79 Å². The first kappa shape index (κ1) is 10.2. The number of amides is 1. The van der Waals surface area contributed by atoms with Gasteiger partial charge in [0, 0.05) is 6.54 Å². The third-order valence-corrected chi connectivity index (χ3v) is 2.79. The molecule has 1 saturated heterocycles. The lowest BCUT2D eigenvalue weighted by molar-refractivity contribution is 0.0715. The van der Waals surface area contributed by atoms with Gasteiger partial charge in [-0.25, -0.2) is 4.39 Å². The molecule has 1 aliphatic rings. The molecule has 1 aliphatic heterocycles. The molecular weight excluding hydrogens is 197 g/mol. The maximum Gasteiger partial charge on any atom is 0.257 e. The lowest BCUT2D eigenvalue weighted by Crippen LogP contribution is -2.36. The molecule has 0 saturated carbocycles. The molecule has 1 atom stereocenters. The molecule has 0 aliphatic carbocycles. The summed E-state index contributed by atoms with van der Waals surface area (Å²) < 4.78 is 17.7. The minimum atomic E-state index is -0.456. The van der Waals surface area contributed by atoms with Crippen molar-refractivity contribution in [3.05, 3.63) is 23.7 Å². The van der Waals surface area contributed by atoms with E-state index in [1.54, 1.807) is 17.9 Å². The molecule has 0 bridgehead atoms. The van der Waals surface area contributed by atoms with Gasteiger partial charge in [-0.15, -0.1) is 0 Å². The number of hydrogen-bond acceptors (Lipinski definition) is 2. The van der Waals surface area contributed by atoms with Crippen molar-refractivity contribution in [3.63, 3.8) is 0 Å². The number of furan rings is 1. The van der Waals surface area contributed by atoms with Crippen LogP contribution in [0.4, 0.5) is 4.39 Å². The number of carbonyl (C=O) groups excluding carboxylic acids is 1. The maximum atomic E-state index is 12.6. The Morgan fingerprint density at radius 1 is 1.73 bits per heavy atom. The van der Waals surface area contributed by atoms with Crippen LogP contribution in [-0.2, 0) is 0 Å². The highest BCUT2D eigenvalue weighted by atomic mass is 19.1. The molecule has 1 aromatic rings.